The minimum Gasteiger partial charge on any atom is -0.428 e. The average molecular weight is 250 g/mol. The van der Waals surface area contributed by atoms with Crippen LogP contribution in [0.1, 0.15) is 31.7 Å². The average Bonchev–Trinajstić information content (AvgIpc) is 2.28. The first-order chi connectivity index (χ1) is 7.86. The predicted molar refractivity (Wildman–Crippen MR) is 56.7 cm³/mol. The first-order valence-electron chi connectivity index (χ1n) is 5.31. The molecule has 1 nitrogen and oxygen atoms in total. The van der Waals surface area contributed by atoms with Crippen LogP contribution in [0.3, 0.4) is 0 Å². The summed E-state index contributed by atoms with van der Waals surface area (Å²) in [4.78, 5) is 0. The van der Waals surface area contributed by atoms with E-state index in [1.165, 1.54) is 12.1 Å². The Morgan fingerprint density at radius 2 is 1.71 bits per heavy atom. The molecule has 1 aromatic rings. The highest BCUT2D eigenvalue weighted by atomic mass is 19.3. The Bertz CT molecular complexity index is 348. The molecule has 0 spiro atoms. The van der Waals surface area contributed by atoms with Gasteiger partial charge < -0.3 is 4.74 Å². The van der Waals surface area contributed by atoms with Gasteiger partial charge in [-0.25, -0.2) is 0 Å². The van der Waals surface area contributed by atoms with Crippen molar-refractivity contribution in [3.05, 3.63) is 29.8 Å². The van der Waals surface area contributed by atoms with E-state index in [1.807, 2.05) is 13.8 Å². The third-order valence-corrected chi connectivity index (χ3v) is 2.57. The Kier molecular flexibility index (Phi) is 4.37. The molecule has 0 heterocycles. The maximum absolute atomic E-state index is 12.6. The van der Waals surface area contributed by atoms with Crippen molar-refractivity contribution >= 4 is 0 Å². The van der Waals surface area contributed by atoms with Crippen molar-refractivity contribution in [2.45, 2.75) is 38.7 Å². The Balaban J connectivity index is 2.75. The van der Waals surface area contributed by atoms with E-state index in [2.05, 4.69) is 4.74 Å². The highest BCUT2D eigenvalue weighted by Crippen LogP contribution is 2.28. The van der Waals surface area contributed by atoms with Gasteiger partial charge in [-0.1, -0.05) is 26.0 Å². The van der Waals surface area contributed by atoms with Crippen LogP contribution < -0.4 is 4.74 Å². The molecule has 0 aliphatic rings. The number of ether oxygens (including phenoxy) is 1. The van der Waals surface area contributed by atoms with Crippen molar-refractivity contribution < 1.29 is 22.3 Å². The molecule has 0 radical (unpaired) electrons. The van der Waals surface area contributed by atoms with Gasteiger partial charge in [-0.3, -0.25) is 0 Å². The molecule has 17 heavy (non-hydrogen) atoms. The molecule has 0 N–H and O–H groups in total. The van der Waals surface area contributed by atoms with Crippen LogP contribution in [0.2, 0.25) is 0 Å². The summed E-state index contributed by atoms with van der Waals surface area (Å²) in [6.07, 6.45) is -7.37. The van der Waals surface area contributed by atoms with E-state index in [-0.39, 0.29) is 5.75 Å². The lowest BCUT2D eigenvalue weighted by atomic mass is 9.99. The molecule has 5 heteroatoms. The van der Waals surface area contributed by atoms with Crippen molar-refractivity contribution in [3.63, 3.8) is 0 Å². The molecule has 0 saturated carbocycles. The summed E-state index contributed by atoms with van der Waals surface area (Å²) in [6.45, 7) is 3.99. The van der Waals surface area contributed by atoms with Gasteiger partial charge in [0.2, 0.25) is 0 Å². The molecule has 0 amide bonds. The van der Waals surface area contributed by atoms with Crippen LogP contribution in [0.4, 0.5) is 17.6 Å². The van der Waals surface area contributed by atoms with Gasteiger partial charge in [0.1, 0.15) is 5.75 Å². The SMILES string of the molecule is CCC(C)c1ccc(OC(F)(F)C(F)F)cc1. The van der Waals surface area contributed by atoms with Crippen LogP contribution in [-0.4, -0.2) is 12.5 Å². The zero-order chi connectivity index (χ0) is 13.1. The van der Waals surface area contributed by atoms with Gasteiger partial charge in [0.15, 0.2) is 0 Å². The van der Waals surface area contributed by atoms with Crippen molar-refractivity contribution in [3.8, 4) is 5.75 Å². The summed E-state index contributed by atoms with van der Waals surface area (Å²) in [7, 11) is 0. The fourth-order valence-electron chi connectivity index (χ4n) is 1.30. The van der Waals surface area contributed by atoms with E-state index in [0.717, 1.165) is 12.0 Å². The van der Waals surface area contributed by atoms with Crippen LogP contribution in [0, 0.1) is 0 Å². The monoisotopic (exact) mass is 250 g/mol. The molecule has 0 fully saturated rings. The highest BCUT2D eigenvalue weighted by Gasteiger charge is 2.43. The summed E-state index contributed by atoms with van der Waals surface area (Å²) >= 11 is 0. The van der Waals surface area contributed by atoms with Crippen LogP contribution in [-0.2, 0) is 0 Å². The lowest BCUT2D eigenvalue weighted by molar-refractivity contribution is -0.253. The third-order valence-electron chi connectivity index (χ3n) is 2.57. The van der Waals surface area contributed by atoms with E-state index in [0.29, 0.717) is 5.92 Å². The van der Waals surface area contributed by atoms with E-state index in [4.69, 9.17) is 0 Å². The smallest absolute Gasteiger partial charge is 0.428 e. The Hall–Kier alpha value is -1.26. The number of alkyl halides is 4. The van der Waals surface area contributed by atoms with Gasteiger partial charge in [-0.05, 0) is 30.0 Å². The van der Waals surface area contributed by atoms with E-state index in [9.17, 15) is 17.6 Å². The van der Waals surface area contributed by atoms with E-state index >= 15 is 0 Å². The van der Waals surface area contributed by atoms with E-state index in [1.54, 1.807) is 12.1 Å². The standard InChI is InChI=1S/C12H14F4O/c1-3-8(2)9-4-6-10(7-5-9)17-12(15,16)11(13)14/h4-8,11H,3H2,1-2H3. The fourth-order valence-corrected chi connectivity index (χ4v) is 1.30. The summed E-state index contributed by atoms with van der Waals surface area (Å²) in [5.41, 5.74) is 0.959. The van der Waals surface area contributed by atoms with Crippen LogP contribution in [0.5, 0.6) is 5.75 Å². The predicted octanol–water partition coefficient (Wildman–Crippen LogP) is 4.44. The van der Waals surface area contributed by atoms with E-state index < -0.39 is 12.5 Å². The van der Waals surface area contributed by atoms with Crippen molar-refractivity contribution in [1.82, 2.24) is 0 Å². The second kappa shape index (κ2) is 5.38. The zero-order valence-electron chi connectivity index (χ0n) is 9.59. The minimum absolute atomic E-state index is 0.262. The maximum atomic E-state index is 12.6. The second-order valence-electron chi connectivity index (χ2n) is 3.84. The highest BCUT2D eigenvalue weighted by molar-refractivity contribution is 5.29. The van der Waals surface area contributed by atoms with Crippen LogP contribution in [0.25, 0.3) is 0 Å². The third kappa shape index (κ3) is 3.61. The normalized spacial score (nSPS) is 13.8. The Labute approximate surface area is 97.4 Å². The lowest BCUT2D eigenvalue weighted by Gasteiger charge is -2.17. The molecule has 0 aliphatic carbocycles. The topological polar surface area (TPSA) is 9.23 Å². The van der Waals surface area contributed by atoms with Gasteiger partial charge in [0.25, 0.3) is 0 Å². The van der Waals surface area contributed by atoms with Crippen molar-refractivity contribution in [1.29, 1.82) is 0 Å². The minimum atomic E-state index is -4.45. The quantitative estimate of drug-likeness (QED) is 0.702. The summed E-state index contributed by atoms with van der Waals surface area (Å²) < 4.78 is 52.9. The molecular weight excluding hydrogens is 236 g/mol. The number of hydrogen-bond donors (Lipinski definition) is 0. The number of hydrogen-bond acceptors (Lipinski definition) is 1. The summed E-state index contributed by atoms with van der Waals surface area (Å²) in [5, 5.41) is 0. The molecular formula is C12H14F4O. The maximum Gasteiger partial charge on any atom is 0.461 e. The summed E-state index contributed by atoms with van der Waals surface area (Å²) in [5.74, 6) is 0.0296. The molecule has 0 bridgehead atoms. The van der Waals surface area contributed by atoms with Crippen molar-refractivity contribution in [2.24, 2.45) is 0 Å². The van der Waals surface area contributed by atoms with Gasteiger partial charge in [0, 0.05) is 0 Å². The molecule has 0 aliphatic heterocycles. The molecule has 0 aromatic heterocycles. The van der Waals surface area contributed by atoms with Crippen LogP contribution >= 0.6 is 0 Å². The Morgan fingerprint density at radius 1 is 1.18 bits per heavy atom. The second-order valence-corrected chi connectivity index (χ2v) is 3.84. The van der Waals surface area contributed by atoms with Gasteiger partial charge in [-0.15, -0.1) is 0 Å². The van der Waals surface area contributed by atoms with Crippen molar-refractivity contribution in [2.75, 3.05) is 0 Å². The fraction of sp³-hybridized carbons (Fsp3) is 0.500. The molecule has 0 saturated heterocycles. The summed E-state index contributed by atoms with van der Waals surface area (Å²) in [6, 6.07) is 5.76. The van der Waals surface area contributed by atoms with Gasteiger partial charge >= 0.3 is 12.5 Å². The largest absolute Gasteiger partial charge is 0.461 e. The first-order valence-corrected chi connectivity index (χ1v) is 5.31. The molecule has 1 rings (SSSR count). The number of benzene rings is 1. The van der Waals surface area contributed by atoms with Gasteiger partial charge in [-0.2, -0.15) is 17.6 Å². The first kappa shape index (κ1) is 13.8. The number of halogens is 4. The van der Waals surface area contributed by atoms with Crippen LogP contribution in [0.15, 0.2) is 24.3 Å². The molecule has 1 atom stereocenters. The zero-order valence-corrected chi connectivity index (χ0v) is 9.59. The molecule has 96 valence electrons. The Morgan fingerprint density at radius 3 is 2.12 bits per heavy atom. The number of rotatable bonds is 5. The van der Waals surface area contributed by atoms with Gasteiger partial charge in [0.05, 0.1) is 0 Å². The molecule has 1 aromatic carbocycles. The lowest BCUT2D eigenvalue weighted by Crippen LogP contribution is -2.33. The molecule has 1 unspecified atom stereocenters.